The number of phosphoric ester groups is 2. The molecule has 0 aromatic rings. The van der Waals surface area contributed by atoms with E-state index >= 15 is 0 Å². The number of hydrogen-bond donors (Lipinski definition) is 3. The molecule has 0 heterocycles. The molecule has 19 heteroatoms. The molecule has 17 nitrogen and oxygen atoms in total. The lowest BCUT2D eigenvalue weighted by Crippen LogP contribution is -2.30. The van der Waals surface area contributed by atoms with Gasteiger partial charge in [-0.15, -0.1) is 0 Å². The van der Waals surface area contributed by atoms with E-state index in [2.05, 4.69) is 34.6 Å². The summed E-state index contributed by atoms with van der Waals surface area (Å²) in [5.74, 6) is -1.30. The maximum atomic E-state index is 13.1. The van der Waals surface area contributed by atoms with E-state index in [9.17, 15) is 43.2 Å². The highest BCUT2D eigenvalue weighted by Gasteiger charge is 2.30. The molecule has 0 saturated carbocycles. The number of ether oxygens (including phenoxy) is 4. The van der Waals surface area contributed by atoms with Crippen molar-refractivity contribution >= 4 is 39.5 Å². The average Bonchev–Trinajstić information content (AvgIpc) is 0.928. The minimum atomic E-state index is -4.96. The lowest BCUT2D eigenvalue weighted by molar-refractivity contribution is -0.161. The minimum Gasteiger partial charge on any atom is -0.462 e. The quantitative estimate of drug-likeness (QED) is 0.0222. The molecule has 6 atom stereocenters. The zero-order chi connectivity index (χ0) is 74.1. The van der Waals surface area contributed by atoms with E-state index in [-0.39, 0.29) is 25.7 Å². The van der Waals surface area contributed by atoms with Gasteiger partial charge in [-0.05, 0) is 31.6 Å². The van der Waals surface area contributed by atoms with Crippen molar-refractivity contribution < 1.29 is 80.2 Å². The predicted octanol–water partition coefficient (Wildman–Crippen LogP) is 24.8. The third-order valence-corrected chi connectivity index (χ3v) is 21.5. The van der Waals surface area contributed by atoms with Crippen LogP contribution >= 0.6 is 15.6 Å². The topological polar surface area (TPSA) is 237 Å². The van der Waals surface area contributed by atoms with Crippen molar-refractivity contribution in [1.82, 2.24) is 0 Å². The lowest BCUT2D eigenvalue weighted by atomic mass is 9.99. The van der Waals surface area contributed by atoms with Gasteiger partial charge in [0.25, 0.3) is 0 Å². The number of aliphatic hydroxyl groups is 1. The fraction of sp³-hybridized carbons (Fsp3) is 0.951. The second kappa shape index (κ2) is 74.9. The van der Waals surface area contributed by atoms with E-state index in [0.717, 1.165) is 95.8 Å². The van der Waals surface area contributed by atoms with E-state index in [1.807, 2.05) is 0 Å². The summed E-state index contributed by atoms with van der Waals surface area (Å²) in [6.45, 7) is 7.34. The molecule has 3 N–H and O–H groups in total. The Morgan fingerprint density at radius 2 is 0.475 bits per heavy atom. The number of phosphoric acid groups is 2. The zero-order valence-electron chi connectivity index (χ0n) is 66.1. The molecule has 0 saturated heterocycles. The standard InChI is InChI=1S/C82H160O17P2/c1-6-10-13-16-19-22-24-26-28-30-32-34-36-38-40-46-51-56-61-66-80(85)93-72-78(98-81(86)67-62-57-52-47-41-39-37-35-33-31-29-27-25-23-20-17-14-11-7-2)74-97-101(90,91)95-70-76(83)69-94-100(88,89)96-73-77(71-92-79(84)65-60-55-50-44-21-18-15-12-8-3)99-82(87)68-63-58-53-48-43-42-45-49-54-59-64-75(5)9-4/h75-78,83H,6-74H2,1-5H3,(H,88,89)(H,90,91)/t75?,76-,77+,78+/m0/s1. The third kappa shape index (κ3) is 74.7. The number of hydrogen-bond acceptors (Lipinski definition) is 15. The number of aliphatic hydroxyl groups excluding tert-OH is 1. The Kier molecular flexibility index (Phi) is 73.5. The summed E-state index contributed by atoms with van der Waals surface area (Å²) >= 11 is 0. The molecule has 600 valence electrons. The molecular weight excluding hydrogens is 1320 g/mol. The molecule has 0 radical (unpaired) electrons. The molecule has 0 amide bonds. The Labute approximate surface area is 619 Å². The highest BCUT2D eigenvalue weighted by Crippen LogP contribution is 2.45. The van der Waals surface area contributed by atoms with Gasteiger partial charge in [-0.25, -0.2) is 9.13 Å². The van der Waals surface area contributed by atoms with Gasteiger partial charge in [-0.2, -0.15) is 0 Å². The summed E-state index contributed by atoms with van der Waals surface area (Å²) in [7, 11) is -9.92. The first-order chi connectivity index (χ1) is 49.1. The Balaban J connectivity index is 5.21. The van der Waals surface area contributed by atoms with Gasteiger partial charge in [0.05, 0.1) is 26.4 Å². The van der Waals surface area contributed by atoms with Crippen LogP contribution in [0.3, 0.4) is 0 Å². The molecule has 0 fully saturated rings. The summed E-state index contributed by atoms with van der Waals surface area (Å²) < 4.78 is 68.7. The smallest absolute Gasteiger partial charge is 0.462 e. The fourth-order valence-electron chi connectivity index (χ4n) is 12.7. The predicted molar refractivity (Wildman–Crippen MR) is 414 cm³/mol. The first-order valence-electron chi connectivity index (χ1n) is 42.7. The van der Waals surface area contributed by atoms with Crippen molar-refractivity contribution in [2.45, 2.75) is 457 Å². The number of carbonyl (C=O) groups excluding carboxylic acids is 4. The maximum absolute atomic E-state index is 13.1. The Morgan fingerprint density at radius 1 is 0.277 bits per heavy atom. The van der Waals surface area contributed by atoms with Crippen LogP contribution in [0.15, 0.2) is 0 Å². The van der Waals surface area contributed by atoms with Crippen LogP contribution in [0.2, 0.25) is 0 Å². The van der Waals surface area contributed by atoms with Gasteiger partial charge in [-0.1, -0.05) is 388 Å². The van der Waals surface area contributed by atoms with E-state index in [1.54, 1.807) is 0 Å². The number of esters is 4. The van der Waals surface area contributed by atoms with Crippen molar-refractivity contribution in [3.63, 3.8) is 0 Å². The molecule has 0 aliphatic carbocycles. The lowest BCUT2D eigenvalue weighted by Gasteiger charge is -2.21. The highest BCUT2D eigenvalue weighted by molar-refractivity contribution is 7.47. The molecule has 3 unspecified atom stereocenters. The minimum absolute atomic E-state index is 0.107. The number of unbranched alkanes of at least 4 members (excludes halogenated alkanes) is 53. The Morgan fingerprint density at radius 3 is 0.703 bits per heavy atom. The van der Waals surface area contributed by atoms with Gasteiger partial charge >= 0.3 is 39.5 Å². The molecule has 101 heavy (non-hydrogen) atoms. The molecule has 0 aliphatic heterocycles. The highest BCUT2D eigenvalue weighted by atomic mass is 31.2. The van der Waals surface area contributed by atoms with Gasteiger partial charge in [0.2, 0.25) is 0 Å². The van der Waals surface area contributed by atoms with E-state index in [0.29, 0.717) is 25.7 Å². The van der Waals surface area contributed by atoms with Crippen molar-refractivity contribution in [2.24, 2.45) is 5.92 Å². The molecule has 0 aromatic heterocycles. The molecule has 0 spiro atoms. The number of rotatable bonds is 82. The van der Waals surface area contributed by atoms with Gasteiger partial charge in [0, 0.05) is 25.7 Å². The second-order valence-corrected chi connectivity index (χ2v) is 32.7. The SMILES string of the molecule is CCCCCCCCCCCCCCCCCCCCCC(=O)OC[C@H](COP(=O)(O)OC[C@@H](O)COP(=O)(O)OC[C@@H](COC(=O)CCCCCCCCCCC)OC(=O)CCCCCCCCCCCCC(C)CC)OC(=O)CCCCCCCCCCCCCCCCCCCCC. The molecule has 0 aliphatic rings. The van der Waals surface area contributed by atoms with Crippen molar-refractivity contribution in [1.29, 1.82) is 0 Å². The van der Waals surface area contributed by atoms with Gasteiger partial charge < -0.3 is 33.8 Å². The molecule has 0 aromatic carbocycles. The average molecular weight is 1480 g/mol. The monoisotopic (exact) mass is 1480 g/mol. The van der Waals surface area contributed by atoms with Crippen LogP contribution in [0, 0.1) is 5.92 Å². The van der Waals surface area contributed by atoms with Crippen molar-refractivity contribution in [2.75, 3.05) is 39.6 Å². The van der Waals surface area contributed by atoms with Crippen LogP contribution in [0.4, 0.5) is 0 Å². The first kappa shape index (κ1) is 99.1. The Bertz CT molecular complexity index is 1930. The van der Waals surface area contributed by atoms with E-state index in [1.165, 1.54) is 263 Å². The summed E-state index contributed by atoms with van der Waals surface area (Å²) in [4.78, 5) is 73.0. The first-order valence-corrected chi connectivity index (χ1v) is 45.7. The van der Waals surface area contributed by atoms with Crippen LogP contribution in [0.25, 0.3) is 0 Å². The van der Waals surface area contributed by atoms with Crippen LogP contribution in [0.1, 0.15) is 439 Å². The molecular formula is C82H160O17P2. The van der Waals surface area contributed by atoms with Crippen LogP contribution in [0.5, 0.6) is 0 Å². The van der Waals surface area contributed by atoms with Crippen molar-refractivity contribution in [3.05, 3.63) is 0 Å². The van der Waals surface area contributed by atoms with Crippen LogP contribution in [-0.4, -0.2) is 96.7 Å². The van der Waals surface area contributed by atoms with E-state index < -0.39 is 97.5 Å². The molecule has 0 bridgehead atoms. The van der Waals surface area contributed by atoms with Crippen LogP contribution < -0.4 is 0 Å². The maximum Gasteiger partial charge on any atom is 0.472 e. The Hall–Kier alpha value is -1.94. The van der Waals surface area contributed by atoms with Crippen LogP contribution in [-0.2, 0) is 65.4 Å². The second-order valence-electron chi connectivity index (χ2n) is 29.8. The van der Waals surface area contributed by atoms with Crippen molar-refractivity contribution in [3.8, 4) is 0 Å². The summed E-state index contributed by atoms with van der Waals surface area (Å²) in [5, 5.41) is 10.6. The summed E-state index contributed by atoms with van der Waals surface area (Å²) in [6, 6.07) is 0. The van der Waals surface area contributed by atoms with E-state index in [4.69, 9.17) is 37.0 Å². The zero-order valence-corrected chi connectivity index (χ0v) is 67.8. The van der Waals surface area contributed by atoms with Gasteiger partial charge in [0.1, 0.15) is 19.3 Å². The van der Waals surface area contributed by atoms with Gasteiger partial charge in [0.15, 0.2) is 12.2 Å². The summed E-state index contributed by atoms with van der Waals surface area (Å²) in [5.41, 5.74) is 0. The summed E-state index contributed by atoms with van der Waals surface area (Å²) in [6.07, 6.45) is 66.6. The third-order valence-electron chi connectivity index (χ3n) is 19.6. The number of carbonyl (C=O) groups is 4. The fourth-order valence-corrected chi connectivity index (χ4v) is 14.3. The normalized spacial score (nSPS) is 14.1. The van der Waals surface area contributed by atoms with Gasteiger partial charge in [-0.3, -0.25) is 37.3 Å². The molecule has 0 rings (SSSR count). The largest absolute Gasteiger partial charge is 0.472 e.